The van der Waals surface area contributed by atoms with Gasteiger partial charge in [-0.25, -0.2) is 0 Å². The number of aliphatic hydroxyl groups excluding tert-OH is 2. The molecule has 6 atom stereocenters. The zero-order valence-corrected chi connectivity index (χ0v) is 19.8. The summed E-state index contributed by atoms with van der Waals surface area (Å²) in [5, 5.41) is 29.5. The van der Waals surface area contributed by atoms with E-state index in [-0.39, 0.29) is 25.0 Å². The highest BCUT2D eigenvalue weighted by atomic mass is 16.5. The third-order valence-electron chi connectivity index (χ3n) is 9.27. The summed E-state index contributed by atoms with van der Waals surface area (Å²) in [6, 6.07) is 4.05. The Morgan fingerprint density at radius 1 is 1.15 bits per heavy atom. The highest BCUT2D eigenvalue weighted by Crippen LogP contribution is 2.64. The largest absolute Gasteiger partial charge is 0.493 e. The molecular formula is C26H37NO6. The summed E-state index contributed by atoms with van der Waals surface area (Å²) < 4.78 is 11.6. The number of carbonyl (C=O) groups excluding carboxylic acids is 1. The molecule has 3 fully saturated rings. The predicted molar refractivity (Wildman–Crippen MR) is 123 cm³/mol. The van der Waals surface area contributed by atoms with Gasteiger partial charge in [0, 0.05) is 31.2 Å². The van der Waals surface area contributed by atoms with Crippen LogP contribution in [0.25, 0.3) is 0 Å². The molecule has 1 aromatic rings. The van der Waals surface area contributed by atoms with Gasteiger partial charge in [-0.15, -0.1) is 0 Å². The number of rotatable bonds is 3. The highest BCUT2D eigenvalue weighted by Gasteiger charge is 2.72. The first-order valence-corrected chi connectivity index (χ1v) is 12.4. The number of piperidine rings is 1. The van der Waals surface area contributed by atoms with Crippen LogP contribution in [0.5, 0.6) is 11.5 Å². The molecule has 5 aliphatic rings. The third kappa shape index (κ3) is 3.19. The van der Waals surface area contributed by atoms with Crippen molar-refractivity contribution in [3.8, 4) is 11.5 Å². The number of likely N-dealkylation sites (N-methyl/N-ethyl adjacent to an activating group) is 1. The number of ketones is 1. The second-order valence-electron chi connectivity index (χ2n) is 10.6. The number of likely N-dealkylation sites (tertiary alicyclic amines) is 1. The Balaban J connectivity index is 0.000000193. The number of nitrogens with zero attached hydrogens (tertiary/aromatic N) is 1. The number of hydrogen-bond acceptors (Lipinski definition) is 7. The van der Waals surface area contributed by atoms with Gasteiger partial charge in [0.25, 0.3) is 0 Å². The smallest absolute Gasteiger partial charge is 0.174 e. The van der Waals surface area contributed by atoms with E-state index in [1.807, 2.05) is 6.07 Å². The summed E-state index contributed by atoms with van der Waals surface area (Å²) in [6.45, 7) is 1.38. The Morgan fingerprint density at radius 2 is 1.85 bits per heavy atom. The minimum atomic E-state index is -0.900. The molecule has 6 rings (SSSR count). The van der Waals surface area contributed by atoms with Crippen molar-refractivity contribution in [2.75, 3.05) is 33.9 Å². The molecular weight excluding hydrogens is 422 g/mol. The fourth-order valence-electron chi connectivity index (χ4n) is 7.45. The van der Waals surface area contributed by atoms with Gasteiger partial charge in [0.05, 0.1) is 18.1 Å². The fraction of sp³-hybridized carbons (Fsp3) is 0.731. The molecule has 7 nitrogen and oxygen atoms in total. The van der Waals surface area contributed by atoms with Crippen molar-refractivity contribution in [3.63, 3.8) is 0 Å². The van der Waals surface area contributed by atoms with E-state index >= 15 is 0 Å². The molecule has 182 valence electrons. The first-order chi connectivity index (χ1) is 15.9. The second kappa shape index (κ2) is 8.52. The number of Topliss-reactive ketones (excluding diaryl/α,β-unsaturated/α-hetero) is 1. The van der Waals surface area contributed by atoms with Gasteiger partial charge in [-0.2, -0.15) is 0 Å². The SMILES string of the molecule is COc1ccc2c3c1O[C@H]1C(=O)CC[C@@]4(O)[C@@H](C2)N(C)CC[C@]314.OC[C@@H]1CCCC[C@@H]1CO. The highest BCUT2D eigenvalue weighted by molar-refractivity contribution is 5.90. The Bertz CT molecular complexity index is 908. The molecule has 33 heavy (non-hydrogen) atoms. The molecule has 2 heterocycles. The van der Waals surface area contributed by atoms with Crippen LogP contribution in [0.4, 0.5) is 0 Å². The number of ether oxygens (including phenoxy) is 2. The molecule has 0 aromatic heterocycles. The van der Waals surface area contributed by atoms with Crippen LogP contribution in [0.1, 0.15) is 56.1 Å². The molecule has 3 aliphatic carbocycles. The molecule has 7 heteroatoms. The van der Waals surface area contributed by atoms with Crippen LogP contribution in [-0.4, -0.2) is 77.7 Å². The Morgan fingerprint density at radius 3 is 2.48 bits per heavy atom. The van der Waals surface area contributed by atoms with Gasteiger partial charge in [-0.05, 0) is 69.2 Å². The number of aliphatic hydroxyl groups is 3. The standard InChI is InChI=1S/C18H21NO4.C8H16O2/c1-19-8-7-17-14-10-3-4-12(22-2)15(14)23-16(17)11(20)5-6-18(17,21)13(19)9-10;9-5-7-3-1-2-4-8(7)6-10/h3-4,13,16,21H,5-9H2,1-2H3;7-10H,1-6H2/t13-,16+,17+,18-;7-,8+/m1./s1. The lowest BCUT2D eigenvalue weighted by Gasteiger charge is -2.62. The van der Waals surface area contributed by atoms with E-state index in [0.29, 0.717) is 36.2 Å². The van der Waals surface area contributed by atoms with E-state index in [1.165, 1.54) is 18.4 Å². The second-order valence-corrected chi connectivity index (χ2v) is 10.6. The van der Waals surface area contributed by atoms with Crippen molar-refractivity contribution >= 4 is 5.78 Å². The maximum absolute atomic E-state index is 12.7. The predicted octanol–water partition coefficient (Wildman–Crippen LogP) is 1.83. The van der Waals surface area contributed by atoms with Crippen LogP contribution in [-0.2, 0) is 16.6 Å². The van der Waals surface area contributed by atoms with Crippen molar-refractivity contribution in [2.45, 2.75) is 74.5 Å². The first-order valence-electron chi connectivity index (χ1n) is 12.4. The lowest BCUT2D eigenvalue weighted by molar-refractivity contribution is -0.185. The first kappa shape index (κ1) is 23.1. The summed E-state index contributed by atoms with van der Waals surface area (Å²) in [4.78, 5) is 14.9. The lowest BCUT2D eigenvalue weighted by atomic mass is 9.49. The van der Waals surface area contributed by atoms with E-state index in [4.69, 9.17) is 19.7 Å². The van der Waals surface area contributed by atoms with Crippen molar-refractivity contribution in [2.24, 2.45) is 11.8 Å². The quantitative estimate of drug-likeness (QED) is 0.634. The molecule has 0 radical (unpaired) electrons. The van der Waals surface area contributed by atoms with Crippen LogP contribution < -0.4 is 9.47 Å². The summed E-state index contributed by atoms with van der Waals surface area (Å²) in [7, 11) is 3.70. The Labute approximate surface area is 195 Å². The summed E-state index contributed by atoms with van der Waals surface area (Å²) in [5.74, 6) is 2.22. The van der Waals surface area contributed by atoms with Crippen LogP contribution in [0.3, 0.4) is 0 Å². The normalized spacial score (nSPS) is 38.6. The zero-order chi connectivity index (χ0) is 23.4. The molecule has 1 aromatic carbocycles. The maximum atomic E-state index is 12.7. The Hall–Kier alpha value is -1.67. The summed E-state index contributed by atoms with van der Waals surface area (Å²) >= 11 is 0. The molecule has 1 saturated heterocycles. The van der Waals surface area contributed by atoms with Crippen molar-refractivity contribution < 1.29 is 29.6 Å². The molecule has 2 aliphatic heterocycles. The van der Waals surface area contributed by atoms with E-state index in [2.05, 4.69) is 18.0 Å². The van der Waals surface area contributed by atoms with Crippen molar-refractivity contribution in [1.29, 1.82) is 0 Å². The average Bonchev–Trinajstić information content (AvgIpc) is 3.20. The zero-order valence-electron chi connectivity index (χ0n) is 19.8. The summed E-state index contributed by atoms with van der Waals surface area (Å²) in [5.41, 5.74) is 0.737. The monoisotopic (exact) mass is 459 g/mol. The molecule has 3 N–H and O–H groups in total. The number of hydrogen-bond donors (Lipinski definition) is 3. The van der Waals surface area contributed by atoms with Crippen LogP contribution in [0.2, 0.25) is 0 Å². The van der Waals surface area contributed by atoms with Gasteiger partial charge in [-0.1, -0.05) is 18.9 Å². The number of methoxy groups -OCH3 is 1. The molecule has 2 saturated carbocycles. The minimum absolute atomic E-state index is 0.0438. The van der Waals surface area contributed by atoms with Gasteiger partial charge in [0.1, 0.15) is 0 Å². The van der Waals surface area contributed by atoms with E-state index in [1.54, 1.807) is 7.11 Å². The maximum Gasteiger partial charge on any atom is 0.174 e. The van der Waals surface area contributed by atoms with Crippen molar-refractivity contribution in [3.05, 3.63) is 23.3 Å². The van der Waals surface area contributed by atoms with Crippen molar-refractivity contribution in [1.82, 2.24) is 4.90 Å². The third-order valence-corrected chi connectivity index (χ3v) is 9.27. The van der Waals surface area contributed by atoms with Crippen LogP contribution in [0, 0.1) is 11.8 Å². The lowest BCUT2D eigenvalue weighted by Crippen LogP contribution is -2.76. The molecule has 0 amide bonds. The average molecular weight is 460 g/mol. The van der Waals surface area contributed by atoms with E-state index in [0.717, 1.165) is 37.8 Å². The Kier molecular flexibility index (Phi) is 5.96. The van der Waals surface area contributed by atoms with E-state index in [9.17, 15) is 9.90 Å². The van der Waals surface area contributed by atoms with Gasteiger partial charge in [0.2, 0.25) is 0 Å². The minimum Gasteiger partial charge on any atom is -0.493 e. The number of benzene rings is 1. The molecule has 1 spiro atoms. The van der Waals surface area contributed by atoms with Crippen LogP contribution >= 0.6 is 0 Å². The van der Waals surface area contributed by atoms with Gasteiger partial charge < -0.3 is 29.7 Å². The number of carbonyl (C=O) groups is 1. The molecule has 2 bridgehead atoms. The fourth-order valence-corrected chi connectivity index (χ4v) is 7.45. The van der Waals surface area contributed by atoms with Gasteiger partial charge >= 0.3 is 0 Å². The summed E-state index contributed by atoms with van der Waals surface area (Å²) in [6.07, 6.45) is 6.54. The van der Waals surface area contributed by atoms with Gasteiger partial charge in [0.15, 0.2) is 23.4 Å². The van der Waals surface area contributed by atoms with Crippen LogP contribution in [0.15, 0.2) is 12.1 Å². The van der Waals surface area contributed by atoms with Gasteiger partial charge in [-0.3, -0.25) is 4.79 Å². The molecule has 0 unspecified atom stereocenters. The topological polar surface area (TPSA) is 99.5 Å². The van der Waals surface area contributed by atoms with E-state index < -0.39 is 17.1 Å².